The van der Waals surface area contributed by atoms with Crippen molar-refractivity contribution in [3.05, 3.63) is 87.6 Å². The Morgan fingerprint density at radius 3 is 2.81 bits per heavy atom. The molecule has 0 aliphatic carbocycles. The van der Waals surface area contributed by atoms with Gasteiger partial charge in [0, 0.05) is 16.5 Å². The van der Waals surface area contributed by atoms with Crippen LogP contribution in [0.4, 0.5) is 10.1 Å². The smallest absolute Gasteiger partial charge is 0.306 e. The number of nitrogens with one attached hydrogen (secondary N) is 1. The molecular formula is C24H17BrFN3O3. The van der Waals surface area contributed by atoms with Crippen LogP contribution in [0.1, 0.15) is 29.2 Å². The van der Waals surface area contributed by atoms with Crippen molar-refractivity contribution in [3.8, 4) is 11.5 Å². The average molecular weight is 494 g/mol. The summed E-state index contributed by atoms with van der Waals surface area (Å²) in [5, 5.41) is 9.54. The van der Waals surface area contributed by atoms with Crippen LogP contribution in [0, 0.1) is 5.82 Å². The molecule has 32 heavy (non-hydrogen) atoms. The number of benzene rings is 3. The Morgan fingerprint density at radius 2 is 2.03 bits per heavy atom. The van der Waals surface area contributed by atoms with Crippen LogP contribution in [0.5, 0.6) is 11.5 Å². The molecule has 1 N–H and O–H groups in total. The van der Waals surface area contributed by atoms with Crippen molar-refractivity contribution in [2.24, 2.45) is 5.10 Å². The summed E-state index contributed by atoms with van der Waals surface area (Å²) in [6.07, 6.45) is 0.535. The molecular weight excluding hydrogens is 477 g/mol. The zero-order chi connectivity index (χ0) is 22.0. The van der Waals surface area contributed by atoms with Gasteiger partial charge in [-0.05, 0) is 42.0 Å². The molecule has 8 heteroatoms. The van der Waals surface area contributed by atoms with Gasteiger partial charge in [0.1, 0.15) is 5.82 Å². The zero-order valence-electron chi connectivity index (χ0n) is 16.9. The summed E-state index contributed by atoms with van der Waals surface area (Å²) in [6, 6.07) is 17.2. The SMILES string of the molecule is COc1cccc2c1O[C@@]1(C(=O)Nc3ccc(Br)cc31)N1N=C(c3ccc(F)cc3)C[C@H]21. The number of amides is 1. The molecule has 1 spiro atoms. The first-order valence-corrected chi connectivity index (χ1v) is 10.9. The van der Waals surface area contributed by atoms with Crippen LogP contribution >= 0.6 is 15.9 Å². The van der Waals surface area contributed by atoms with Gasteiger partial charge in [0.05, 0.1) is 30.1 Å². The first-order valence-electron chi connectivity index (χ1n) is 10.1. The number of methoxy groups -OCH3 is 1. The fraction of sp³-hybridized carbons (Fsp3) is 0.167. The fourth-order valence-corrected chi connectivity index (χ4v) is 5.04. The Labute approximate surface area is 191 Å². The third-order valence-corrected chi connectivity index (χ3v) is 6.64. The quantitative estimate of drug-likeness (QED) is 0.548. The molecule has 3 aliphatic rings. The molecule has 0 bridgehead atoms. The lowest BCUT2D eigenvalue weighted by Gasteiger charge is -2.44. The Balaban J connectivity index is 1.59. The molecule has 3 aromatic carbocycles. The van der Waals surface area contributed by atoms with Crippen molar-refractivity contribution >= 4 is 33.2 Å². The normalized spacial score (nSPS) is 22.6. The Hall–Kier alpha value is -3.39. The lowest BCUT2D eigenvalue weighted by molar-refractivity contribution is -0.161. The number of halogens is 2. The van der Waals surface area contributed by atoms with Crippen LogP contribution < -0.4 is 14.8 Å². The van der Waals surface area contributed by atoms with Gasteiger partial charge < -0.3 is 14.8 Å². The molecule has 3 aromatic rings. The number of hydrogen-bond donors (Lipinski definition) is 1. The van der Waals surface area contributed by atoms with E-state index in [2.05, 4.69) is 21.2 Å². The summed E-state index contributed by atoms with van der Waals surface area (Å²) in [7, 11) is 1.58. The molecule has 0 aromatic heterocycles. The second-order valence-electron chi connectivity index (χ2n) is 7.89. The van der Waals surface area contributed by atoms with Crippen molar-refractivity contribution < 1.29 is 18.7 Å². The molecule has 3 aliphatic heterocycles. The summed E-state index contributed by atoms with van der Waals surface area (Å²) >= 11 is 3.51. The van der Waals surface area contributed by atoms with Crippen LogP contribution in [0.3, 0.4) is 0 Å². The van der Waals surface area contributed by atoms with E-state index in [0.29, 0.717) is 29.2 Å². The van der Waals surface area contributed by atoms with Crippen LogP contribution in [-0.2, 0) is 10.5 Å². The van der Waals surface area contributed by atoms with E-state index in [1.54, 1.807) is 24.3 Å². The number of ether oxygens (including phenoxy) is 2. The van der Waals surface area contributed by atoms with E-state index in [1.165, 1.54) is 12.1 Å². The van der Waals surface area contributed by atoms with Gasteiger partial charge in [-0.3, -0.25) is 4.79 Å². The zero-order valence-corrected chi connectivity index (χ0v) is 18.5. The minimum atomic E-state index is -1.49. The lowest BCUT2D eigenvalue weighted by atomic mass is 9.92. The number of fused-ring (bicyclic) bond motifs is 6. The van der Waals surface area contributed by atoms with Gasteiger partial charge in [0.15, 0.2) is 11.5 Å². The van der Waals surface area contributed by atoms with E-state index in [4.69, 9.17) is 14.6 Å². The largest absolute Gasteiger partial charge is 0.493 e. The van der Waals surface area contributed by atoms with Gasteiger partial charge in [0.25, 0.3) is 5.91 Å². The second kappa shape index (κ2) is 6.80. The molecule has 0 saturated heterocycles. The van der Waals surface area contributed by atoms with E-state index in [0.717, 1.165) is 21.3 Å². The highest BCUT2D eigenvalue weighted by Crippen LogP contribution is 2.56. The summed E-state index contributed by atoms with van der Waals surface area (Å²) in [6.45, 7) is 0. The Morgan fingerprint density at radius 1 is 1.22 bits per heavy atom. The summed E-state index contributed by atoms with van der Waals surface area (Å²) in [4.78, 5) is 13.5. The Bertz CT molecular complexity index is 1310. The van der Waals surface area contributed by atoms with E-state index < -0.39 is 5.72 Å². The van der Waals surface area contributed by atoms with Crippen molar-refractivity contribution in [2.75, 3.05) is 12.4 Å². The number of rotatable bonds is 2. The highest BCUT2D eigenvalue weighted by molar-refractivity contribution is 9.10. The van der Waals surface area contributed by atoms with Crippen molar-refractivity contribution in [1.82, 2.24) is 5.01 Å². The molecule has 3 heterocycles. The van der Waals surface area contributed by atoms with E-state index in [9.17, 15) is 9.18 Å². The van der Waals surface area contributed by atoms with E-state index >= 15 is 0 Å². The minimum absolute atomic E-state index is 0.260. The first-order chi connectivity index (χ1) is 15.5. The standard InChI is InChI=1S/C24H17BrFN3O3/c1-31-21-4-2-3-16-20-12-19(13-5-8-15(26)9-6-13)28-29(20)24(32-22(16)21)17-11-14(25)7-10-18(17)27-23(24)30/h2-11,20H,12H2,1H3,(H,27,30)/t20-,24+/m1/s1. The predicted molar refractivity (Wildman–Crippen MR) is 120 cm³/mol. The second-order valence-corrected chi connectivity index (χ2v) is 8.80. The minimum Gasteiger partial charge on any atom is -0.493 e. The highest BCUT2D eigenvalue weighted by atomic mass is 79.9. The number of carbonyl (C=O) groups excluding carboxylic acids is 1. The monoisotopic (exact) mass is 493 g/mol. The Kier molecular flexibility index (Phi) is 4.10. The fourth-order valence-electron chi connectivity index (χ4n) is 4.68. The number of hydrogen-bond acceptors (Lipinski definition) is 5. The molecule has 160 valence electrons. The number of nitrogens with zero attached hydrogens (tertiary/aromatic N) is 2. The molecule has 2 atom stereocenters. The summed E-state index contributed by atoms with van der Waals surface area (Å²) in [5.41, 5.74) is 2.28. The van der Waals surface area contributed by atoms with Crippen LogP contribution in [0.15, 0.2) is 70.2 Å². The lowest BCUT2D eigenvalue weighted by Crippen LogP contribution is -2.55. The summed E-state index contributed by atoms with van der Waals surface area (Å²) < 4.78 is 26.4. The highest BCUT2D eigenvalue weighted by Gasteiger charge is 2.61. The number of carbonyl (C=O) groups is 1. The molecule has 6 rings (SSSR count). The van der Waals surface area contributed by atoms with Gasteiger partial charge in [-0.1, -0.05) is 40.2 Å². The molecule has 6 nitrogen and oxygen atoms in total. The third-order valence-electron chi connectivity index (χ3n) is 6.15. The first kappa shape index (κ1) is 19.3. The van der Waals surface area contributed by atoms with E-state index in [1.807, 2.05) is 36.4 Å². The molecule has 1 amide bonds. The molecule has 0 saturated carbocycles. The number of anilines is 1. The topological polar surface area (TPSA) is 63.2 Å². The maximum Gasteiger partial charge on any atom is 0.306 e. The average Bonchev–Trinajstić information content (AvgIpc) is 3.35. The predicted octanol–water partition coefficient (Wildman–Crippen LogP) is 4.95. The van der Waals surface area contributed by atoms with Gasteiger partial charge in [0.2, 0.25) is 0 Å². The molecule has 0 unspecified atom stereocenters. The van der Waals surface area contributed by atoms with Crippen molar-refractivity contribution in [2.45, 2.75) is 18.2 Å². The number of para-hydroxylation sites is 1. The van der Waals surface area contributed by atoms with Gasteiger partial charge in [-0.25, -0.2) is 9.40 Å². The van der Waals surface area contributed by atoms with Crippen molar-refractivity contribution in [1.29, 1.82) is 0 Å². The molecule has 0 fully saturated rings. The van der Waals surface area contributed by atoms with Gasteiger partial charge >= 0.3 is 5.72 Å². The van der Waals surface area contributed by atoms with Gasteiger partial charge in [-0.15, -0.1) is 0 Å². The molecule has 0 radical (unpaired) electrons. The third kappa shape index (κ3) is 2.56. The van der Waals surface area contributed by atoms with Crippen LogP contribution in [0.2, 0.25) is 0 Å². The van der Waals surface area contributed by atoms with Crippen LogP contribution in [0.25, 0.3) is 0 Å². The maximum absolute atomic E-state index is 13.5. The summed E-state index contributed by atoms with van der Waals surface area (Å²) in [5.74, 6) is 0.438. The van der Waals surface area contributed by atoms with Gasteiger partial charge in [-0.2, -0.15) is 5.10 Å². The van der Waals surface area contributed by atoms with Crippen molar-refractivity contribution in [3.63, 3.8) is 0 Å². The maximum atomic E-state index is 13.5. The van der Waals surface area contributed by atoms with E-state index in [-0.39, 0.29) is 17.8 Å². The number of hydrazone groups is 1. The van der Waals surface area contributed by atoms with Crippen LogP contribution in [-0.4, -0.2) is 23.7 Å².